The molecule has 1 aromatic rings. The molecule has 2 aliphatic rings. The molecule has 2 heteroatoms. The normalized spacial score (nSPS) is 21.1. The van der Waals surface area contributed by atoms with Gasteiger partial charge in [-0.15, -0.1) is 0 Å². The Morgan fingerprint density at radius 1 is 1.21 bits per heavy atom. The largest absolute Gasteiger partial charge is 0.308 e. The Balaban J connectivity index is 1.60. The number of hydrogen-bond acceptors (Lipinski definition) is 2. The Hall–Kier alpha value is -0.890. The molecule has 0 aliphatic heterocycles. The van der Waals surface area contributed by atoms with Crippen LogP contribution in [0.2, 0.25) is 0 Å². The topological polar surface area (TPSA) is 24.9 Å². The highest BCUT2D eigenvalue weighted by molar-refractivity contribution is 5.22. The summed E-state index contributed by atoms with van der Waals surface area (Å²) < 4.78 is 0. The molecule has 14 heavy (non-hydrogen) atoms. The Labute approximate surface area is 84.7 Å². The van der Waals surface area contributed by atoms with Gasteiger partial charge in [0.2, 0.25) is 0 Å². The van der Waals surface area contributed by atoms with Crippen molar-refractivity contribution in [2.24, 2.45) is 0 Å². The number of rotatable bonds is 4. The molecule has 0 unspecified atom stereocenters. The first-order valence-electron chi connectivity index (χ1n) is 5.60. The highest BCUT2D eigenvalue weighted by atomic mass is 15.0. The van der Waals surface area contributed by atoms with Crippen LogP contribution in [0.5, 0.6) is 0 Å². The van der Waals surface area contributed by atoms with Crippen molar-refractivity contribution < 1.29 is 0 Å². The van der Waals surface area contributed by atoms with Crippen LogP contribution in [0.3, 0.4) is 0 Å². The second-order valence-corrected chi connectivity index (χ2v) is 4.51. The first-order chi connectivity index (χ1) is 6.92. The lowest BCUT2D eigenvalue weighted by Crippen LogP contribution is -2.16. The van der Waals surface area contributed by atoms with E-state index < -0.39 is 0 Å². The summed E-state index contributed by atoms with van der Waals surface area (Å²) >= 11 is 0. The van der Waals surface area contributed by atoms with E-state index in [4.69, 9.17) is 0 Å². The van der Waals surface area contributed by atoms with Gasteiger partial charge in [0.25, 0.3) is 0 Å². The summed E-state index contributed by atoms with van der Waals surface area (Å²) in [6.45, 7) is 0.940. The molecule has 1 heterocycles. The van der Waals surface area contributed by atoms with Crippen LogP contribution in [0.25, 0.3) is 0 Å². The molecule has 74 valence electrons. The molecule has 2 aliphatic carbocycles. The number of hydrogen-bond donors (Lipinski definition) is 1. The molecule has 1 aromatic heterocycles. The quantitative estimate of drug-likeness (QED) is 0.783. The molecule has 2 saturated carbocycles. The van der Waals surface area contributed by atoms with Crippen molar-refractivity contribution in [1.82, 2.24) is 10.3 Å². The Morgan fingerprint density at radius 3 is 2.64 bits per heavy atom. The van der Waals surface area contributed by atoms with Gasteiger partial charge in [-0.2, -0.15) is 0 Å². The van der Waals surface area contributed by atoms with Crippen LogP contribution in [0, 0.1) is 0 Å². The zero-order valence-corrected chi connectivity index (χ0v) is 8.37. The average Bonchev–Trinajstić information content (AvgIpc) is 3.07. The van der Waals surface area contributed by atoms with Crippen LogP contribution < -0.4 is 5.32 Å². The second-order valence-electron chi connectivity index (χ2n) is 4.51. The smallest absolute Gasteiger partial charge is 0.0541 e. The zero-order valence-electron chi connectivity index (χ0n) is 8.37. The van der Waals surface area contributed by atoms with Crippen LogP contribution in [0.1, 0.15) is 42.9 Å². The summed E-state index contributed by atoms with van der Waals surface area (Å²) in [6.07, 6.45) is 7.48. The lowest BCUT2D eigenvalue weighted by Gasteiger charge is -2.03. The maximum absolute atomic E-state index is 4.48. The van der Waals surface area contributed by atoms with E-state index in [0.717, 1.165) is 18.5 Å². The van der Waals surface area contributed by atoms with Crippen molar-refractivity contribution in [2.75, 3.05) is 0 Å². The van der Waals surface area contributed by atoms with E-state index in [2.05, 4.69) is 28.6 Å². The SMILES string of the molecule is c1cc(CNC2CC2)ncc1C1CC1. The monoisotopic (exact) mass is 188 g/mol. The lowest BCUT2D eigenvalue weighted by molar-refractivity contribution is 0.674. The van der Waals surface area contributed by atoms with Crippen LogP contribution >= 0.6 is 0 Å². The fourth-order valence-corrected chi connectivity index (χ4v) is 1.74. The summed E-state index contributed by atoms with van der Waals surface area (Å²) in [4.78, 5) is 4.48. The van der Waals surface area contributed by atoms with E-state index in [9.17, 15) is 0 Å². The molecule has 0 amide bonds. The molecule has 2 fully saturated rings. The molecule has 0 radical (unpaired) electrons. The van der Waals surface area contributed by atoms with Gasteiger partial charge in [0.15, 0.2) is 0 Å². The average molecular weight is 188 g/mol. The second kappa shape index (κ2) is 3.35. The van der Waals surface area contributed by atoms with Gasteiger partial charge in [-0.05, 0) is 43.2 Å². The Morgan fingerprint density at radius 2 is 2.07 bits per heavy atom. The molecule has 0 atom stereocenters. The summed E-state index contributed by atoms with van der Waals surface area (Å²) in [7, 11) is 0. The van der Waals surface area contributed by atoms with Crippen LogP contribution in [0.4, 0.5) is 0 Å². The van der Waals surface area contributed by atoms with Gasteiger partial charge in [0, 0.05) is 18.8 Å². The minimum atomic E-state index is 0.778. The minimum Gasteiger partial charge on any atom is -0.308 e. The van der Waals surface area contributed by atoms with E-state index in [-0.39, 0.29) is 0 Å². The van der Waals surface area contributed by atoms with Crippen molar-refractivity contribution in [3.05, 3.63) is 29.6 Å². The molecule has 0 spiro atoms. The first kappa shape index (κ1) is 8.42. The maximum atomic E-state index is 4.48. The molecule has 0 aromatic carbocycles. The summed E-state index contributed by atoms with van der Waals surface area (Å²) in [5.41, 5.74) is 2.61. The summed E-state index contributed by atoms with van der Waals surface area (Å²) in [6, 6.07) is 5.19. The highest BCUT2D eigenvalue weighted by Crippen LogP contribution is 2.39. The third kappa shape index (κ3) is 1.95. The molecular formula is C12H16N2. The van der Waals surface area contributed by atoms with E-state index in [1.807, 2.05) is 0 Å². The molecule has 0 saturated heterocycles. The molecule has 0 bridgehead atoms. The predicted octanol–water partition coefficient (Wildman–Crippen LogP) is 2.21. The third-order valence-corrected chi connectivity index (χ3v) is 3.05. The number of pyridine rings is 1. The molecule has 1 N–H and O–H groups in total. The van der Waals surface area contributed by atoms with Crippen molar-refractivity contribution >= 4 is 0 Å². The Bertz CT molecular complexity index is 310. The zero-order chi connectivity index (χ0) is 9.38. The molecule has 2 nitrogen and oxygen atoms in total. The fraction of sp³-hybridized carbons (Fsp3) is 0.583. The van der Waals surface area contributed by atoms with Gasteiger partial charge in [-0.1, -0.05) is 6.07 Å². The first-order valence-corrected chi connectivity index (χ1v) is 5.60. The summed E-state index contributed by atoms with van der Waals surface area (Å²) in [5, 5.41) is 3.47. The van der Waals surface area contributed by atoms with Gasteiger partial charge in [-0.25, -0.2) is 0 Å². The van der Waals surface area contributed by atoms with E-state index in [0.29, 0.717) is 0 Å². The van der Waals surface area contributed by atoms with E-state index in [1.54, 1.807) is 0 Å². The standard InChI is InChI=1S/C12H16N2/c1-2-9(1)10-3-4-12(13-7-10)8-14-11-5-6-11/h3-4,7,9,11,14H,1-2,5-6,8H2. The molecular weight excluding hydrogens is 172 g/mol. The van der Waals surface area contributed by atoms with Gasteiger partial charge >= 0.3 is 0 Å². The van der Waals surface area contributed by atoms with E-state index >= 15 is 0 Å². The van der Waals surface area contributed by atoms with E-state index in [1.165, 1.54) is 36.9 Å². The molecule has 3 rings (SSSR count). The van der Waals surface area contributed by atoms with Gasteiger partial charge in [0.05, 0.1) is 5.69 Å². The van der Waals surface area contributed by atoms with Gasteiger partial charge < -0.3 is 5.32 Å². The predicted molar refractivity (Wildman–Crippen MR) is 56.1 cm³/mol. The number of aromatic nitrogens is 1. The third-order valence-electron chi connectivity index (χ3n) is 3.05. The van der Waals surface area contributed by atoms with Crippen LogP contribution in [-0.2, 0) is 6.54 Å². The number of nitrogens with one attached hydrogen (secondary N) is 1. The van der Waals surface area contributed by atoms with Crippen LogP contribution in [0.15, 0.2) is 18.3 Å². The van der Waals surface area contributed by atoms with Gasteiger partial charge in [0.1, 0.15) is 0 Å². The Kier molecular flexibility index (Phi) is 2.02. The maximum Gasteiger partial charge on any atom is 0.0541 e. The highest BCUT2D eigenvalue weighted by Gasteiger charge is 2.23. The van der Waals surface area contributed by atoms with Crippen molar-refractivity contribution in [2.45, 2.75) is 44.2 Å². The minimum absolute atomic E-state index is 0.778. The summed E-state index contributed by atoms with van der Waals surface area (Å²) in [5.74, 6) is 0.827. The number of nitrogens with zero attached hydrogens (tertiary/aromatic N) is 1. The van der Waals surface area contributed by atoms with Crippen molar-refractivity contribution in [3.8, 4) is 0 Å². The van der Waals surface area contributed by atoms with Gasteiger partial charge in [-0.3, -0.25) is 4.98 Å². The fourth-order valence-electron chi connectivity index (χ4n) is 1.74. The van der Waals surface area contributed by atoms with Crippen molar-refractivity contribution in [3.63, 3.8) is 0 Å². The van der Waals surface area contributed by atoms with Crippen molar-refractivity contribution in [1.29, 1.82) is 0 Å². The van der Waals surface area contributed by atoms with Crippen LogP contribution in [-0.4, -0.2) is 11.0 Å². The lowest BCUT2D eigenvalue weighted by atomic mass is 10.2.